The number of nitriles is 1. The molecule has 0 amide bonds. The van der Waals surface area contributed by atoms with Crippen LogP contribution in [-0.4, -0.2) is 5.54 Å². The van der Waals surface area contributed by atoms with Crippen LogP contribution in [0.4, 0.5) is 4.39 Å². The molecule has 0 aliphatic rings. The van der Waals surface area contributed by atoms with Crippen LogP contribution in [0, 0.1) is 17.1 Å². The third-order valence-electron chi connectivity index (χ3n) is 2.01. The standard InChI is InChI=1S/C11H12ClFN2/c1-11(2,7-14)15-6-8-5-9(12)3-4-10(8)13/h3-5,15H,6H2,1-2H3. The maximum atomic E-state index is 13.3. The van der Waals surface area contributed by atoms with Crippen LogP contribution in [-0.2, 0) is 6.54 Å². The Kier molecular flexibility index (Phi) is 3.67. The van der Waals surface area contributed by atoms with Crippen molar-refractivity contribution in [3.8, 4) is 6.07 Å². The molecule has 80 valence electrons. The van der Waals surface area contributed by atoms with Crippen molar-refractivity contribution in [3.05, 3.63) is 34.6 Å². The number of nitrogens with one attached hydrogen (secondary N) is 1. The van der Waals surface area contributed by atoms with E-state index < -0.39 is 5.54 Å². The van der Waals surface area contributed by atoms with Crippen molar-refractivity contribution in [1.82, 2.24) is 5.32 Å². The minimum absolute atomic E-state index is 0.285. The van der Waals surface area contributed by atoms with E-state index in [-0.39, 0.29) is 12.4 Å². The molecule has 1 aromatic carbocycles. The molecular weight excluding hydrogens is 215 g/mol. The molecule has 4 heteroatoms. The van der Waals surface area contributed by atoms with Gasteiger partial charge in [0.15, 0.2) is 0 Å². The van der Waals surface area contributed by atoms with Gasteiger partial charge in [0.2, 0.25) is 0 Å². The van der Waals surface area contributed by atoms with Crippen LogP contribution in [0.2, 0.25) is 5.02 Å². The predicted octanol–water partition coefficient (Wildman–Crippen LogP) is 2.87. The summed E-state index contributed by atoms with van der Waals surface area (Å²) in [6.45, 7) is 3.75. The van der Waals surface area contributed by atoms with Gasteiger partial charge < -0.3 is 0 Å². The van der Waals surface area contributed by atoms with Gasteiger partial charge in [0.05, 0.1) is 6.07 Å². The zero-order valence-corrected chi connectivity index (χ0v) is 9.40. The van der Waals surface area contributed by atoms with Crippen LogP contribution in [0.3, 0.4) is 0 Å². The summed E-state index contributed by atoms with van der Waals surface area (Å²) in [4.78, 5) is 0. The van der Waals surface area contributed by atoms with Gasteiger partial charge in [0.25, 0.3) is 0 Å². The van der Waals surface area contributed by atoms with Crippen molar-refractivity contribution in [2.24, 2.45) is 0 Å². The van der Waals surface area contributed by atoms with Gasteiger partial charge in [-0.2, -0.15) is 5.26 Å². The van der Waals surface area contributed by atoms with Gasteiger partial charge in [0.1, 0.15) is 11.4 Å². The van der Waals surface area contributed by atoms with E-state index in [0.717, 1.165) is 0 Å². The summed E-state index contributed by atoms with van der Waals surface area (Å²) in [5.41, 5.74) is -0.208. The fraction of sp³-hybridized carbons (Fsp3) is 0.364. The quantitative estimate of drug-likeness (QED) is 0.860. The van der Waals surface area contributed by atoms with Crippen LogP contribution in [0.25, 0.3) is 0 Å². The second-order valence-electron chi connectivity index (χ2n) is 3.83. The molecule has 0 heterocycles. The lowest BCUT2D eigenvalue weighted by atomic mass is 10.1. The van der Waals surface area contributed by atoms with Gasteiger partial charge in [-0.1, -0.05) is 11.6 Å². The Bertz CT molecular complexity index is 396. The van der Waals surface area contributed by atoms with E-state index in [2.05, 4.69) is 11.4 Å². The normalized spacial score (nSPS) is 11.1. The van der Waals surface area contributed by atoms with Crippen LogP contribution < -0.4 is 5.32 Å². The largest absolute Gasteiger partial charge is 0.296 e. The molecular formula is C11H12ClFN2. The van der Waals surface area contributed by atoms with Crippen LogP contribution in [0.1, 0.15) is 19.4 Å². The topological polar surface area (TPSA) is 35.8 Å². The highest BCUT2D eigenvalue weighted by Gasteiger charge is 2.15. The van der Waals surface area contributed by atoms with Crippen molar-refractivity contribution in [2.45, 2.75) is 25.9 Å². The highest BCUT2D eigenvalue weighted by atomic mass is 35.5. The van der Waals surface area contributed by atoms with Gasteiger partial charge in [0, 0.05) is 17.1 Å². The average molecular weight is 227 g/mol. The van der Waals surface area contributed by atoms with E-state index in [4.69, 9.17) is 16.9 Å². The van der Waals surface area contributed by atoms with Crippen LogP contribution in [0.15, 0.2) is 18.2 Å². The molecule has 0 bridgehead atoms. The molecule has 1 rings (SSSR count). The van der Waals surface area contributed by atoms with Crippen molar-refractivity contribution in [3.63, 3.8) is 0 Å². The molecule has 0 radical (unpaired) electrons. The molecule has 0 saturated heterocycles. The molecule has 0 unspecified atom stereocenters. The van der Waals surface area contributed by atoms with Crippen LogP contribution >= 0.6 is 11.6 Å². The van der Waals surface area contributed by atoms with Gasteiger partial charge in [-0.05, 0) is 32.0 Å². The second-order valence-corrected chi connectivity index (χ2v) is 4.26. The maximum absolute atomic E-state index is 13.3. The van der Waals surface area contributed by atoms with Gasteiger partial charge in [-0.25, -0.2) is 4.39 Å². The second kappa shape index (κ2) is 4.61. The molecule has 0 aliphatic carbocycles. The Morgan fingerprint density at radius 1 is 1.53 bits per heavy atom. The molecule has 15 heavy (non-hydrogen) atoms. The van der Waals surface area contributed by atoms with Crippen molar-refractivity contribution in [1.29, 1.82) is 5.26 Å². The lowest BCUT2D eigenvalue weighted by Crippen LogP contribution is -2.37. The molecule has 1 aromatic rings. The van der Waals surface area contributed by atoms with Gasteiger partial charge in [-0.15, -0.1) is 0 Å². The molecule has 0 aromatic heterocycles. The first-order chi connectivity index (χ1) is 6.94. The van der Waals surface area contributed by atoms with E-state index in [1.165, 1.54) is 12.1 Å². The van der Waals surface area contributed by atoms with E-state index in [9.17, 15) is 4.39 Å². The minimum Gasteiger partial charge on any atom is -0.296 e. The van der Waals surface area contributed by atoms with E-state index in [1.807, 2.05) is 0 Å². The maximum Gasteiger partial charge on any atom is 0.127 e. The van der Waals surface area contributed by atoms with E-state index >= 15 is 0 Å². The fourth-order valence-corrected chi connectivity index (χ4v) is 1.23. The first-order valence-corrected chi connectivity index (χ1v) is 4.92. The number of hydrogen-bond donors (Lipinski definition) is 1. The third kappa shape index (κ3) is 3.50. The first-order valence-electron chi connectivity index (χ1n) is 4.55. The summed E-state index contributed by atoms with van der Waals surface area (Å²) < 4.78 is 13.3. The Morgan fingerprint density at radius 2 is 2.20 bits per heavy atom. The molecule has 0 saturated carbocycles. The molecule has 1 N–H and O–H groups in total. The van der Waals surface area contributed by atoms with E-state index in [1.54, 1.807) is 19.9 Å². The predicted molar refractivity (Wildman–Crippen MR) is 57.9 cm³/mol. The third-order valence-corrected chi connectivity index (χ3v) is 2.24. The zero-order valence-electron chi connectivity index (χ0n) is 8.64. The SMILES string of the molecule is CC(C)(C#N)NCc1cc(Cl)ccc1F. The molecule has 0 fully saturated rings. The summed E-state index contributed by atoms with van der Waals surface area (Å²) in [6.07, 6.45) is 0. The average Bonchev–Trinajstić information content (AvgIpc) is 2.20. The van der Waals surface area contributed by atoms with Crippen molar-refractivity contribution in [2.75, 3.05) is 0 Å². The molecule has 0 aliphatic heterocycles. The van der Waals surface area contributed by atoms with Gasteiger partial charge >= 0.3 is 0 Å². The number of nitrogens with zero attached hydrogens (tertiary/aromatic N) is 1. The van der Waals surface area contributed by atoms with Crippen LogP contribution in [0.5, 0.6) is 0 Å². The van der Waals surface area contributed by atoms with Crippen molar-refractivity contribution < 1.29 is 4.39 Å². The summed E-state index contributed by atoms with van der Waals surface area (Å²) >= 11 is 5.74. The monoisotopic (exact) mass is 226 g/mol. The summed E-state index contributed by atoms with van der Waals surface area (Å²) in [7, 11) is 0. The number of benzene rings is 1. The Labute approximate surface area is 93.7 Å². The minimum atomic E-state index is -0.672. The highest BCUT2D eigenvalue weighted by molar-refractivity contribution is 6.30. The number of hydrogen-bond acceptors (Lipinski definition) is 2. The van der Waals surface area contributed by atoms with Gasteiger partial charge in [-0.3, -0.25) is 5.32 Å². The van der Waals surface area contributed by atoms with Crippen molar-refractivity contribution >= 4 is 11.6 Å². The highest BCUT2D eigenvalue weighted by Crippen LogP contribution is 2.15. The lowest BCUT2D eigenvalue weighted by Gasteiger charge is -2.17. The Balaban J connectivity index is 2.74. The number of halogens is 2. The fourth-order valence-electron chi connectivity index (χ4n) is 1.03. The first kappa shape index (κ1) is 12.0. The lowest BCUT2D eigenvalue weighted by molar-refractivity contribution is 0.474. The summed E-state index contributed by atoms with van der Waals surface area (Å²) in [6, 6.07) is 6.45. The zero-order chi connectivity index (χ0) is 11.5. The Hall–Kier alpha value is -1.11. The molecule has 0 atom stereocenters. The summed E-state index contributed by atoms with van der Waals surface area (Å²) in [5, 5.41) is 12.2. The van der Waals surface area contributed by atoms with E-state index in [0.29, 0.717) is 10.6 Å². The Morgan fingerprint density at radius 3 is 2.80 bits per heavy atom. The summed E-state index contributed by atoms with van der Waals surface area (Å²) in [5.74, 6) is -0.319. The molecule has 0 spiro atoms. The number of rotatable bonds is 3. The molecule has 2 nitrogen and oxygen atoms in total. The smallest absolute Gasteiger partial charge is 0.127 e.